The first-order valence-corrected chi connectivity index (χ1v) is 5.69. The smallest absolute Gasteiger partial charge is 0.330 e. The van der Waals surface area contributed by atoms with E-state index in [1.165, 1.54) is 10.8 Å². The second-order valence-electron chi connectivity index (χ2n) is 4.30. The van der Waals surface area contributed by atoms with Crippen molar-refractivity contribution in [2.24, 2.45) is 5.11 Å². The fourth-order valence-electron chi connectivity index (χ4n) is 2.04. The number of nitrogens with zero attached hydrogens (tertiary/aromatic N) is 4. The van der Waals surface area contributed by atoms with E-state index in [0.29, 0.717) is 5.56 Å². The molecule has 0 radical (unpaired) electrons. The summed E-state index contributed by atoms with van der Waals surface area (Å²) in [7, 11) is 0. The van der Waals surface area contributed by atoms with E-state index in [4.69, 9.17) is 15.4 Å². The third kappa shape index (κ3) is 2.53. The van der Waals surface area contributed by atoms with E-state index in [2.05, 4.69) is 15.0 Å². The highest BCUT2D eigenvalue weighted by atomic mass is 16.5. The van der Waals surface area contributed by atoms with Crippen LogP contribution in [0.15, 0.2) is 20.9 Å². The number of aliphatic hydroxyl groups is 1. The average Bonchev–Trinajstić information content (AvgIpc) is 2.77. The van der Waals surface area contributed by atoms with Crippen molar-refractivity contribution in [3.05, 3.63) is 43.0 Å². The van der Waals surface area contributed by atoms with Gasteiger partial charge in [-0.25, -0.2) is 4.79 Å². The van der Waals surface area contributed by atoms with Crippen LogP contribution in [-0.2, 0) is 4.74 Å². The number of hydrogen-bond acceptors (Lipinski definition) is 5. The Morgan fingerprint density at radius 1 is 1.79 bits per heavy atom. The quantitative estimate of drug-likeness (QED) is 0.446. The highest BCUT2D eigenvalue weighted by Crippen LogP contribution is 2.29. The summed E-state index contributed by atoms with van der Waals surface area (Å²) in [6, 6.07) is -0.542. The molecule has 0 saturated carbocycles. The maximum atomic E-state index is 11.7. The number of aliphatic hydroxyl groups excluding tert-OH is 1. The highest BCUT2D eigenvalue weighted by molar-refractivity contribution is 5.02. The summed E-state index contributed by atoms with van der Waals surface area (Å²) in [5, 5.41) is 12.7. The molecule has 0 aliphatic carbocycles. The average molecular weight is 269 g/mol. The van der Waals surface area contributed by atoms with Crippen molar-refractivity contribution in [2.45, 2.75) is 31.7 Å². The maximum Gasteiger partial charge on any atom is 0.330 e. The summed E-state index contributed by atoms with van der Waals surface area (Å²) in [5.74, 6) is 0. The standard InChI is InChI=1S/C10H13N5O4/c1-5-3-15(10(18)12-9(5)17)8-2-6(13-14-11)7(4-16)19-8/h3,6-8,16H,2,4H2,1H3,(H,12,17,18)/t6-,7+,8+/m0/s1/i10+2. The summed E-state index contributed by atoms with van der Waals surface area (Å²) in [5.41, 5.74) is 7.76. The van der Waals surface area contributed by atoms with Gasteiger partial charge >= 0.3 is 5.69 Å². The van der Waals surface area contributed by atoms with Gasteiger partial charge in [-0.3, -0.25) is 14.3 Å². The summed E-state index contributed by atoms with van der Waals surface area (Å²) < 4.78 is 6.69. The third-order valence-electron chi connectivity index (χ3n) is 3.04. The molecule has 1 fully saturated rings. The Morgan fingerprint density at radius 3 is 3.16 bits per heavy atom. The molecule has 1 saturated heterocycles. The molecule has 9 heteroatoms. The van der Waals surface area contributed by atoms with Crippen LogP contribution in [0.25, 0.3) is 10.4 Å². The van der Waals surface area contributed by atoms with Gasteiger partial charge in [0.1, 0.15) is 6.23 Å². The first-order valence-electron chi connectivity index (χ1n) is 5.69. The minimum Gasteiger partial charge on any atom is -0.394 e. The molecule has 0 spiro atoms. The molecule has 0 bridgehead atoms. The van der Waals surface area contributed by atoms with Crippen molar-refractivity contribution in [1.82, 2.24) is 9.55 Å². The highest BCUT2D eigenvalue weighted by Gasteiger charge is 2.35. The lowest BCUT2D eigenvalue weighted by atomic mass is 10.1. The predicted octanol–water partition coefficient (Wildman–Crippen LogP) is -0.196. The summed E-state index contributed by atoms with van der Waals surface area (Å²) in [4.78, 5) is 27.8. The number of nitrogens with one attached hydrogen (secondary N) is 1. The zero-order valence-corrected chi connectivity index (χ0v) is 10.2. The van der Waals surface area contributed by atoms with Gasteiger partial charge in [0, 0.05) is 23.1 Å². The molecule has 3 atom stereocenters. The number of ether oxygens (including phenoxy) is 1. The van der Waals surface area contributed by atoms with E-state index in [9.17, 15) is 9.59 Å². The van der Waals surface area contributed by atoms with Crippen LogP contribution < -0.4 is 11.2 Å². The zero-order valence-electron chi connectivity index (χ0n) is 10.2. The van der Waals surface area contributed by atoms with Crippen molar-refractivity contribution in [3.8, 4) is 0 Å². The van der Waals surface area contributed by atoms with Crippen molar-refractivity contribution in [3.63, 3.8) is 0 Å². The number of aromatic nitrogens is 2. The SMILES string of the molecule is Cc1cn([C@H]2C[C@H](N=[N+]=[N-])[C@@H](CO)O2)[14c](=O)[nH]c1=O. The minimum absolute atomic E-state index is 0.265. The van der Waals surface area contributed by atoms with E-state index < -0.39 is 29.6 Å². The lowest BCUT2D eigenvalue weighted by molar-refractivity contribution is -0.0271. The summed E-state index contributed by atoms with van der Waals surface area (Å²) in [6.45, 7) is 1.26. The van der Waals surface area contributed by atoms with Crippen LogP contribution in [0.2, 0.25) is 0 Å². The van der Waals surface area contributed by atoms with Gasteiger partial charge < -0.3 is 9.84 Å². The molecule has 1 aliphatic heterocycles. The molecule has 0 unspecified atom stereocenters. The van der Waals surface area contributed by atoms with Crippen LogP contribution in [0.4, 0.5) is 0 Å². The molecule has 0 amide bonds. The lowest BCUT2D eigenvalue weighted by Crippen LogP contribution is -2.33. The second kappa shape index (κ2) is 5.27. The van der Waals surface area contributed by atoms with E-state index in [0.717, 1.165) is 0 Å². The van der Waals surface area contributed by atoms with E-state index in [-0.39, 0.29) is 13.0 Å². The molecule has 2 heterocycles. The molecule has 1 aromatic heterocycles. The van der Waals surface area contributed by atoms with Crippen LogP contribution in [0.5, 0.6) is 0 Å². The first-order chi connectivity index (χ1) is 9.06. The molecular weight excluding hydrogens is 256 g/mol. The van der Waals surface area contributed by atoms with Gasteiger partial charge in [-0.2, -0.15) is 0 Å². The van der Waals surface area contributed by atoms with Crippen LogP contribution >= 0.6 is 0 Å². The molecule has 1 aliphatic rings. The second-order valence-corrected chi connectivity index (χ2v) is 4.30. The van der Waals surface area contributed by atoms with Crippen molar-refractivity contribution in [1.29, 1.82) is 0 Å². The van der Waals surface area contributed by atoms with Gasteiger partial charge in [0.05, 0.1) is 18.8 Å². The Hall–Kier alpha value is -2.09. The number of hydrogen-bond donors (Lipinski definition) is 2. The molecule has 9 nitrogen and oxygen atoms in total. The molecule has 102 valence electrons. The largest absolute Gasteiger partial charge is 0.394 e. The Morgan fingerprint density at radius 2 is 2.53 bits per heavy atom. The van der Waals surface area contributed by atoms with Gasteiger partial charge in [-0.15, -0.1) is 0 Å². The van der Waals surface area contributed by atoms with Crippen LogP contribution in [0.3, 0.4) is 0 Å². The van der Waals surface area contributed by atoms with Gasteiger partial charge in [-0.1, -0.05) is 5.11 Å². The Labute approximate surface area is 107 Å². The van der Waals surface area contributed by atoms with E-state index in [1.807, 2.05) is 0 Å². The molecule has 0 aromatic carbocycles. The van der Waals surface area contributed by atoms with Crippen LogP contribution in [0.1, 0.15) is 18.2 Å². The number of azide groups is 1. The number of aromatic amines is 1. The molecular formula is C10H13N5O4. The fourth-order valence-corrected chi connectivity index (χ4v) is 2.04. The molecule has 2 N–H and O–H groups in total. The number of rotatable bonds is 3. The van der Waals surface area contributed by atoms with Crippen molar-refractivity contribution < 1.29 is 9.84 Å². The molecule has 1 aromatic rings. The Balaban J connectivity index is 2.34. The van der Waals surface area contributed by atoms with Crippen molar-refractivity contribution >= 4 is 0 Å². The van der Waals surface area contributed by atoms with Gasteiger partial charge in [-0.05, 0) is 12.5 Å². The Kier molecular flexibility index (Phi) is 3.70. The first kappa shape index (κ1) is 13.3. The van der Waals surface area contributed by atoms with Gasteiger partial charge in [0.15, 0.2) is 0 Å². The van der Waals surface area contributed by atoms with E-state index >= 15 is 0 Å². The number of H-pyrrole nitrogens is 1. The minimum atomic E-state index is -0.671. The van der Waals surface area contributed by atoms with Gasteiger partial charge in [0.25, 0.3) is 5.56 Å². The van der Waals surface area contributed by atoms with Crippen LogP contribution in [0, 0.1) is 6.92 Å². The zero-order chi connectivity index (χ0) is 14.0. The third-order valence-corrected chi connectivity index (χ3v) is 3.04. The lowest BCUT2D eigenvalue weighted by Gasteiger charge is -2.14. The van der Waals surface area contributed by atoms with Crippen molar-refractivity contribution in [2.75, 3.05) is 6.61 Å². The molecule has 19 heavy (non-hydrogen) atoms. The van der Waals surface area contributed by atoms with E-state index in [1.54, 1.807) is 6.92 Å². The normalized spacial score (nSPS) is 26.1. The summed E-state index contributed by atoms with van der Waals surface area (Å²) in [6.07, 6.45) is 0.329. The fraction of sp³-hybridized carbons (Fsp3) is 0.600. The topological polar surface area (TPSA) is 133 Å². The van der Waals surface area contributed by atoms with Gasteiger partial charge in [0.2, 0.25) is 0 Å². The molecule has 2 rings (SSSR count). The number of aryl methyl sites for hydroxylation is 1. The Bertz CT molecular complexity index is 630. The maximum absolute atomic E-state index is 11.7. The predicted molar refractivity (Wildman–Crippen MR) is 64.6 cm³/mol. The summed E-state index contributed by atoms with van der Waals surface area (Å²) >= 11 is 0. The monoisotopic (exact) mass is 269 g/mol. The van der Waals surface area contributed by atoms with Crippen LogP contribution in [-0.4, -0.2) is 33.4 Å².